The quantitative estimate of drug-likeness (QED) is 0.663. The molecule has 24 heavy (non-hydrogen) atoms. The number of rotatable bonds is 9. The molecule has 134 valence electrons. The maximum Gasteiger partial charge on any atom is 0.261 e. The molecule has 0 spiro atoms. The number of aryl methyl sites for hydroxylation is 1. The van der Waals surface area contributed by atoms with Crippen LogP contribution >= 0.6 is 11.8 Å². The molecule has 1 aliphatic carbocycles. The van der Waals surface area contributed by atoms with Gasteiger partial charge >= 0.3 is 0 Å². The maximum absolute atomic E-state index is 12.3. The summed E-state index contributed by atoms with van der Waals surface area (Å²) in [6.07, 6.45) is 8.09. The van der Waals surface area contributed by atoms with Gasteiger partial charge in [-0.25, -0.2) is 0 Å². The molecule has 0 saturated heterocycles. The van der Waals surface area contributed by atoms with Gasteiger partial charge in [-0.3, -0.25) is 4.79 Å². The smallest absolute Gasteiger partial charge is 0.261 e. The second-order valence-electron chi connectivity index (χ2n) is 6.43. The number of benzene rings is 1. The minimum absolute atomic E-state index is 0.00122. The van der Waals surface area contributed by atoms with Crippen LogP contribution < -0.4 is 10.1 Å². The fourth-order valence-corrected chi connectivity index (χ4v) is 4.26. The Hall–Kier alpha value is -1.16. The van der Waals surface area contributed by atoms with Crippen LogP contribution in [-0.2, 0) is 11.2 Å². The van der Waals surface area contributed by atoms with Gasteiger partial charge in [0, 0.05) is 17.5 Å². The topological polar surface area (TPSA) is 38.3 Å². The monoisotopic (exact) mass is 349 g/mol. The minimum atomic E-state index is -0.405. The Morgan fingerprint density at radius 3 is 2.54 bits per heavy atom. The molecule has 1 N–H and O–H groups in total. The van der Waals surface area contributed by atoms with Crippen LogP contribution in [0.25, 0.3) is 0 Å². The van der Waals surface area contributed by atoms with Gasteiger partial charge in [-0.1, -0.05) is 45.2 Å². The summed E-state index contributed by atoms with van der Waals surface area (Å²) < 4.78 is 5.85. The summed E-state index contributed by atoms with van der Waals surface area (Å²) in [5.74, 6) is 1.77. The van der Waals surface area contributed by atoms with Crippen molar-refractivity contribution in [3.8, 4) is 5.75 Å². The van der Waals surface area contributed by atoms with E-state index in [4.69, 9.17) is 4.74 Å². The molecule has 1 aromatic rings. The maximum atomic E-state index is 12.3. The van der Waals surface area contributed by atoms with Crippen LogP contribution in [0.2, 0.25) is 0 Å². The van der Waals surface area contributed by atoms with Crippen molar-refractivity contribution in [1.29, 1.82) is 0 Å². The van der Waals surface area contributed by atoms with Crippen molar-refractivity contribution in [3.05, 3.63) is 29.8 Å². The lowest BCUT2D eigenvalue weighted by Crippen LogP contribution is -2.39. The van der Waals surface area contributed by atoms with Crippen LogP contribution in [0.4, 0.5) is 0 Å². The normalized spacial score (nSPS) is 16.6. The second kappa shape index (κ2) is 10.7. The van der Waals surface area contributed by atoms with E-state index in [0.717, 1.165) is 29.7 Å². The lowest BCUT2D eigenvalue weighted by molar-refractivity contribution is -0.127. The third-order valence-electron chi connectivity index (χ3n) is 4.58. The average molecular weight is 350 g/mol. The number of carbonyl (C=O) groups excluding carboxylic acids is 1. The summed E-state index contributed by atoms with van der Waals surface area (Å²) in [5.41, 5.74) is 1.28. The van der Waals surface area contributed by atoms with E-state index in [1.54, 1.807) is 0 Å². The van der Waals surface area contributed by atoms with Crippen molar-refractivity contribution >= 4 is 17.7 Å². The molecule has 0 heterocycles. The first kappa shape index (κ1) is 19.2. The van der Waals surface area contributed by atoms with E-state index < -0.39 is 6.10 Å². The second-order valence-corrected chi connectivity index (χ2v) is 7.84. The number of nitrogens with one attached hydrogen (secondary N) is 1. The molecule has 0 bridgehead atoms. The summed E-state index contributed by atoms with van der Waals surface area (Å²) in [6, 6.07) is 8.02. The Labute approximate surface area is 150 Å². The Morgan fingerprint density at radius 1 is 1.21 bits per heavy atom. The highest BCUT2D eigenvalue weighted by Gasteiger charge is 2.18. The van der Waals surface area contributed by atoms with Gasteiger partial charge in [-0.2, -0.15) is 11.8 Å². The highest BCUT2D eigenvalue weighted by molar-refractivity contribution is 7.99. The van der Waals surface area contributed by atoms with Crippen LogP contribution in [-0.4, -0.2) is 29.6 Å². The predicted octanol–water partition coefficient (Wildman–Crippen LogP) is 4.59. The third-order valence-corrected chi connectivity index (χ3v) is 5.96. The molecule has 0 aliphatic heterocycles. The first-order valence-electron chi connectivity index (χ1n) is 9.37. The highest BCUT2D eigenvalue weighted by atomic mass is 32.2. The van der Waals surface area contributed by atoms with Crippen LogP contribution in [0.5, 0.6) is 5.75 Å². The number of hydrogen-bond acceptors (Lipinski definition) is 3. The molecule has 4 heteroatoms. The third kappa shape index (κ3) is 6.39. The summed E-state index contributed by atoms with van der Waals surface area (Å²) in [7, 11) is 0. The molecule has 1 saturated carbocycles. The number of ether oxygens (including phenoxy) is 1. The van der Waals surface area contributed by atoms with Crippen molar-refractivity contribution < 1.29 is 9.53 Å². The Kier molecular flexibility index (Phi) is 8.51. The molecule has 1 amide bonds. The molecular formula is C20H31NO2S. The summed E-state index contributed by atoms with van der Waals surface area (Å²) in [5, 5.41) is 3.83. The van der Waals surface area contributed by atoms with E-state index in [2.05, 4.69) is 24.4 Å². The molecule has 1 fully saturated rings. The molecule has 1 aromatic carbocycles. The van der Waals surface area contributed by atoms with E-state index in [-0.39, 0.29) is 5.91 Å². The van der Waals surface area contributed by atoms with Gasteiger partial charge in [-0.05, 0) is 43.4 Å². The molecule has 2 rings (SSSR count). The van der Waals surface area contributed by atoms with E-state index in [0.29, 0.717) is 6.42 Å². The first-order chi connectivity index (χ1) is 11.7. The number of thioether (sulfide) groups is 1. The zero-order chi connectivity index (χ0) is 17.2. The van der Waals surface area contributed by atoms with Gasteiger partial charge in [0.2, 0.25) is 0 Å². The Bertz CT molecular complexity index is 483. The van der Waals surface area contributed by atoms with E-state index >= 15 is 0 Å². The standard InChI is InChI=1S/C20H31NO2S/c1-3-16-10-12-17(13-11-16)23-19(4-2)20(22)21-14-15-24-18-8-6-5-7-9-18/h10-13,18-19H,3-9,14-15H2,1-2H3,(H,21,22)/t19-/m0/s1. The van der Waals surface area contributed by atoms with Gasteiger partial charge in [0.1, 0.15) is 5.75 Å². The molecule has 0 unspecified atom stereocenters. The number of amides is 1. The summed E-state index contributed by atoms with van der Waals surface area (Å²) >= 11 is 2.01. The number of carbonyl (C=O) groups is 1. The van der Waals surface area contributed by atoms with Gasteiger partial charge in [0.15, 0.2) is 6.10 Å². The van der Waals surface area contributed by atoms with Crippen LogP contribution in [0.3, 0.4) is 0 Å². The largest absolute Gasteiger partial charge is 0.481 e. The van der Waals surface area contributed by atoms with E-state index in [1.165, 1.54) is 37.7 Å². The Balaban J connectivity index is 1.69. The van der Waals surface area contributed by atoms with Gasteiger partial charge in [-0.15, -0.1) is 0 Å². The van der Waals surface area contributed by atoms with Gasteiger partial charge in [0.05, 0.1) is 0 Å². The zero-order valence-electron chi connectivity index (χ0n) is 15.1. The first-order valence-corrected chi connectivity index (χ1v) is 10.4. The SMILES string of the molecule is CCc1ccc(O[C@@H](CC)C(=O)NCCSC2CCCCC2)cc1. The van der Waals surface area contributed by atoms with E-state index in [9.17, 15) is 4.79 Å². The van der Waals surface area contributed by atoms with Crippen molar-refractivity contribution in [3.63, 3.8) is 0 Å². The minimum Gasteiger partial charge on any atom is -0.481 e. The van der Waals surface area contributed by atoms with Crippen LogP contribution in [0.1, 0.15) is 57.9 Å². The van der Waals surface area contributed by atoms with Gasteiger partial charge < -0.3 is 10.1 Å². The molecule has 3 nitrogen and oxygen atoms in total. The van der Waals surface area contributed by atoms with Crippen molar-refractivity contribution in [2.45, 2.75) is 70.1 Å². The van der Waals surface area contributed by atoms with Crippen molar-refractivity contribution in [2.75, 3.05) is 12.3 Å². The molecule has 1 aliphatic rings. The van der Waals surface area contributed by atoms with Gasteiger partial charge in [0.25, 0.3) is 5.91 Å². The van der Waals surface area contributed by atoms with Crippen LogP contribution in [0, 0.1) is 0 Å². The molecule has 1 atom stereocenters. The van der Waals surface area contributed by atoms with Crippen molar-refractivity contribution in [2.24, 2.45) is 0 Å². The highest BCUT2D eigenvalue weighted by Crippen LogP contribution is 2.27. The summed E-state index contributed by atoms with van der Waals surface area (Å²) in [4.78, 5) is 12.3. The predicted molar refractivity (Wildman–Crippen MR) is 103 cm³/mol. The number of hydrogen-bond donors (Lipinski definition) is 1. The fourth-order valence-electron chi connectivity index (χ4n) is 3.04. The lowest BCUT2D eigenvalue weighted by atomic mass is 10.0. The molecule has 0 aromatic heterocycles. The summed E-state index contributed by atoms with van der Waals surface area (Å²) in [6.45, 7) is 4.85. The van der Waals surface area contributed by atoms with Crippen molar-refractivity contribution in [1.82, 2.24) is 5.32 Å². The molecule has 0 radical (unpaired) electrons. The average Bonchev–Trinajstić information content (AvgIpc) is 2.64. The fraction of sp³-hybridized carbons (Fsp3) is 0.650. The van der Waals surface area contributed by atoms with Crippen LogP contribution in [0.15, 0.2) is 24.3 Å². The lowest BCUT2D eigenvalue weighted by Gasteiger charge is -2.21. The molecular weight excluding hydrogens is 318 g/mol. The zero-order valence-corrected chi connectivity index (χ0v) is 15.9. The Morgan fingerprint density at radius 2 is 1.92 bits per heavy atom. The van der Waals surface area contributed by atoms with E-state index in [1.807, 2.05) is 30.8 Å².